The van der Waals surface area contributed by atoms with Crippen LogP contribution in [0.15, 0.2) is 0 Å². The molecule has 8 saturated carbocycles. The van der Waals surface area contributed by atoms with Gasteiger partial charge in [0.1, 0.15) is 34.1 Å². The first-order valence-corrected chi connectivity index (χ1v) is 30.6. The van der Waals surface area contributed by atoms with Crippen LogP contribution in [0.25, 0.3) is 0 Å². The number of carbonyl (C=O) groups excluding carboxylic acids is 7. The Kier molecular flexibility index (Phi) is 20.4. The smallest absolute Gasteiger partial charge is 0.312 e. The third kappa shape index (κ3) is 13.4. The molecule has 11 fully saturated rings. The van der Waals surface area contributed by atoms with E-state index in [9.17, 15) is 33.6 Å². The van der Waals surface area contributed by atoms with E-state index in [1.54, 1.807) is 0 Å². The molecule has 0 aromatic rings. The van der Waals surface area contributed by atoms with Crippen LogP contribution in [0.2, 0.25) is 0 Å². The van der Waals surface area contributed by atoms with E-state index in [-0.39, 0.29) is 132 Å². The third-order valence-corrected chi connectivity index (χ3v) is 21.4. The van der Waals surface area contributed by atoms with Crippen LogP contribution in [0.5, 0.6) is 0 Å². The lowest BCUT2D eigenvalue weighted by molar-refractivity contribution is -0.266. The SMILES string of the molecule is C.C.C.CCC(C)(C)C(=O)OC12CC3(C(=O)OC4(C)CCCC4)CC(C(=O)OC4(C)CCCC4)(C1)CC(C(=O)OC1(C)CCCC1)(C2)C3.CCC(C)(C)C(=O)OC1C2CC3C(=O)OC1C3O2.CCC1(OC(=O)C(C)(C)CC)CCCC1. The van der Waals surface area contributed by atoms with Crippen molar-refractivity contribution in [2.24, 2.45) is 38.4 Å². The first-order chi connectivity index (χ1) is 36.3. The zero-order chi connectivity index (χ0) is 57.2. The minimum atomic E-state index is -1.18. The Hall–Kier alpha value is -3.75. The number of hydrogen-bond acceptors (Lipinski definition) is 15. The lowest BCUT2D eigenvalue weighted by Crippen LogP contribution is -2.71. The monoisotopic (exact) mass is 1140 g/mol. The Bertz CT molecular complexity index is 2150. The van der Waals surface area contributed by atoms with Crippen molar-refractivity contribution >= 4 is 41.8 Å². The Labute approximate surface area is 487 Å². The largest absolute Gasteiger partial charge is 0.459 e. The molecular formula is C66H110O15. The first kappa shape index (κ1) is 68.0. The van der Waals surface area contributed by atoms with E-state index >= 15 is 0 Å². The predicted molar refractivity (Wildman–Crippen MR) is 309 cm³/mol. The van der Waals surface area contributed by atoms with E-state index in [1.807, 2.05) is 83.1 Å². The molecule has 3 aliphatic heterocycles. The van der Waals surface area contributed by atoms with Gasteiger partial charge in [0.2, 0.25) is 0 Å². The first-order valence-electron chi connectivity index (χ1n) is 30.6. The van der Waals surface area contributed by atoms with Crippen LogP contribution in [0, 0.1) is 38.4 Å². The minimum absolute atomic E-state index is 0. The summed E-state index contributed by atoms with van der Waals surface area (Å²) < 4.78 is 48.0. The Morgan fingerprint density at radius 1 is 0.481 bits per heavy atom. The van der Waals surface area contributed by atoms with Crippen LogP contribution in [-0.4, -0.2) is 94.2 Å². The molecule has 3 saturated heterocycles. The van der Waals surface area contributed by atoms with Gasteiger partial charge in [-0.05, 0) is 216 Å². The van der Waals surface area contributed by atoms with Crippen molar-refractivity contribution in [3.8, 4) is 0 Å². The number of esters is 7. The van der Waals surface area contributed by atoms with Crippen molar-refractivity contribution < 1.29 is 71.5 Å². The third-order valence-electron chi connectivity index (χ3n) is 21.4. The predicted octanol–water partition coefficient (Wildman–Crippen LogP) is 14.3. The van der Waals surface area contributed by atoms with Crippen LogP contribution in [-0.2, 0) is 71.5 Å². The van der Waals surface area contributed by atoms with Gasteiger partial charge in [-0.25, -0.2) is 0 Å². The summed E-state index contributed by atoms with van der Waals surface area (Å²) in [6.45, 7) is 25.4. The highest BCUT2D eigenvalue weighted by Crippen LogP contribution is 2.73. The summed E-state index contributed by atoms with van der Waals surface area (Å²) in [7, 11) is 0. The maximum atomic E-state index is 14.6. The molecule has 0 N–H and O–H groups in total. The second-order valence-electron chi connectivity index (χ2n) is 29.2. The van der Waals surface area contributed by atoms with Gasteiger partial charge in [-0.3, -0.25) is 33.6 Å². The molecule has 464 valence electrons. The lowest BCUT2D eigenvalue weighted by atomic mass is 9.38. The fraction of sp³-hybridized carbons (Fsp3) is 0.894. The van der Waals surface area contributed by atoms with E-state index in [2.05, 4.69) is 6.92 Å². The number of rotatable bonds is 16. The van der Waals surface area contributed by atoms with Crippen molar-refractivity contribution in [3.05, 3.63) is 0 Å². The Morgan fingerprint density at radius 3 is 1.19 bits per heavy atom. The molecule has 15 nitrogen and oxygen atoms in total. The summed E-state index contributed by atoms with van der Waals surface area (Å²) in [4.78, 5) is 93.3. The maximum absolute atomic E-state index is 14.6. The summed E-state index contributed by atoms with van der Waals surface area (Å²) in [6, 6.07) is 0. The molecule has 8 aliphatic carbocycles. The fourth-order valence-electron chi connectivity index (χ4n) is 15.3. The summed E-state index contributed by atoms with van der Waals surface area (Å²) in [6.07, 6.45) is 19.2. The zero-order valence-corrected chi connectivity index (χ0v) is 50.1. The molecule has 0 radical (unpaired) electrons. The Morgan fingerprint density at radius 2 is 0.827 bits per heavy atom. The summed E-state index contributed by atoms with van der Waals surface area (Å²) in [5.41, 5.74) is -8.15. The van der Waals surface area contributed by atoms with Crippen molar-refractivity contribution in [2.75, 3.05) is 0 Å². The molecule has 15 heteroatoms. The van der Waals surface area contributed by atoms with Crippen LogP contribution in [0.1, 0.15) is 286 Å². The van der Waals surface area contributed by atoms with Gasteiger partial charge >= 0.3 is 41.8 Å². The van der Waals surface area contributed by atoms with Crippen molar-refractivity contribution in [3.63, 3.8) is 0 Å². The van der Waals surface area contributed by atoms with Crippen LogP contribution < -0.4 is 0 Å². The van der Waals surface area contributed by atoms with Crippen molar-refractivity contribution in [2.45, 2.75) is 338 Å². The minimum Gasteiger partial charge on any atom is -0.459 e. The van der Waals surface area contributed by atoms with Gasteiger partial charge in [0, 0.05) is 19.3 Å². The van der Waals surface area contributed by atoms with Gasteiger partial charge in [0.25, 0.3) is 0 Å². The molecule has 6 bridgehead atoms. The van der Waals surface area contributed by atoms with Crippen LogP contribution >= 0.6 is 0 Å². The van der Waals surface area contributed by atoms with Crippen LogP contribution in [0.3, 0.4) is 0 Å². The molecule has 3 heterocycles. The molecule has 11 aliphatic rings. The van der Waals surface area contributed by atoms with Gasteiger partial charge in [-0.1, -0.05) is 50.0 Å². The molecular weight excluding hydrogens is 1030 g/mol. The van der Waals surface area contributed by atoms with E-state index in [1.165, 1.54) is 12.8 Å². The lowest BCUT2D eigenvalue weighted by Gasteiger charge is -2.67. The van der Waals surface area contributed by atoms with Crippen molar-refractivity contribution in [1.29, 1.82) is 0 Å². The standard InChI is InChI=1S/C37H56O8.C13H18O5.C13H24O2.3CH4/c1-7-30(2,3)26(38)45-37-23-34(27(39)42-31(4)14-8-9-15-31)20-35(24-37,28(40)43-32(5)16-10-11-17-32)22-36(21-34,25-37)29(41)44-33(6)18-12-13-19-33;1-4-13(2,3)12(15)18-9-7-5-6-8(16-7)10(9)17-11(6)14;1-5-12(3,4)11(14)15-13(6-2)9-7-8-10-13;;;/h7-25H2,1-6H3;6-10H,4-5H2,1-3H3;5-10H2,1-4H3;3*1H4. The average molecular weight is 1140 g/mol. The summed E-state index contributed by atoms with van der Waals surface area (Å²) >= 11 is 0. The molecule has 5 unspecified atom stereocenters. The zero-order valence-electron chi connectivity index (χ0n) is 50.1. The number of hydrogen-bond donors (Lipinski definition) is 0. The molecule has 0 amide bonds. The van der Waals surface area contributed by atoms with E-state index in [4.69, 9.17) is 37.9 Å². The molecule has 0 aromatic carbocycles. The Balaban J connectivity index is 0.000000274. The maximum Gasteiger partial charge on any atom is 0.312 e. The van der Waals surface area contributed by atoms with Gasteiger partial charge in [0.15, 0.2) is 12.2 Å². The molecule has 0 aromatic heterocycles. The highest BCUT2D eigenvalue weighted by atomic mass is 16.7. The quantitative estimate of drug-likeness (QED) is 0.105. The topological polar surface area (TPSA) is 193 Å². The summed E-state index contributed by atoms with van der Waals surface area (Å²) in [5, 5.41) is 0. The van der Waals surface area contributed by atoms with Crippen molar-refractivity contribution in [1.82, 2.24) is 0 Å². The van der Waals surface area contributed by atoms with E-state index < -0.39 is 61.7 Å². The number of ether oxygens (including phenoxy) is 8. The fourth-order valence-corrected chi connectivity index (χ4v) is 15.3. The molecule has 0 spiro atoms. The highest BCUT2D eigenvalue weighted by Gasteiger charge is 2.77. The second kappa shape index (κ2) is 24.3. The van der Waals surface area contributed by atoms with Gasteiger partial charge in [-0.15, -0.1) is 0 Å². The van der Waals surface area contributed by atoms with Gasteiger partial charge < -0.3 is 37.9 Å². The normalized spacial score (nSPS) is 33.6. The van der Waals surface area contributed by atoms with E-state index in [0.29, 0.717) is 19.3 Å². The van der Waals surface area contributed by atoms with Crippen LogP contribution in [0.4, 0.5) is 0 Å². The molecule has 81 heavy (non-hydrogen) atoms. The number of fused-ring (bicyclic) bond motifs is 1. The average Bonchev–Trinajstić information content (AvgIpc) is 4.46. The highest BCUT2D eigenvalue weighted by molar-refractivity contribution is 5.89. The molecule has 5 atom stereocenters. The van der Waals surface area contributed by atoms with E-state index in [0.717, 1.165) is 103 Å². The second-order valence-corrected chi connectivity index (χ2v) is 29.2. The molecule has 11 rings (SSSR count). The van der Waals surface area contributed by atoms with Gasteiger partial charge in [0.05, 0.1) is 44.5 Å². The summed E-state index contributed by atoms with van der Waals surface area (Å²) in [5.74, 6) is -2.08. The van der Waals surface area contributed by atoms with Gasteiger partial charge in [-0.2, -0.15) is 0 Å². The number of carbonyl (C=O) groups is 7.